The van der Waals surface area contributed by atoms with E-state index < -0.39 is 11.7 Å². The van der Waals surface area contributed by atoms with Crippen LogP contribution >= 0.6 is 0 Å². The quantitative estimate of drug-likeness (QED) is 0.810. The highest BCUT2D eigenvalue weighted by Crippen LogP contribution is 2.34. The Morgan fingerprint density at radius 3 is 2.48 bits per heavy atom. The number of carbonyl (C=O) groups is 1. The smallest absolute Gasteiger partial charge is 0.254 e. The third-order valence-corrected chi connectivity index (χ3v) is 4.58. The molecule has 0 aliphatic heterocycles. The Morgan fingerprint density at radius 1 is 1.24 bits per heavy atom. The summed E-state index contributed by atoms with van der Waals surface area (Å²) in [6.07, 6.45) is 2.59. The van der Waals surface area contributed by atoms with E-state index in [4.69, 9.17) is 9.84 Å². The third kappa shape index (κ3) is 4.17. The Morgan fingerprint density at radius 2 is 1.92 bits per heavy atom. The SMILES string of the molecule is COc1ccc(-c2ccc(C(=O)NC(CCO)C3CC3)c(F)c2)cc1. The van der Waals surface area contributed by atoms with Crippen molar-refractivity contribution in [2.75, 3.05) is 13.7 Å². The van der Waals surface area contributed by atoms with E-state index in [1.165, 1.54) is 12.1 Å². The molecule has 132 valence electrons. The van der Waals surface area contributed by atoms with Crippen LogP contribution in [0.2, 0.25) is 0 Å². The van der Waals surface area contributed by atoms with Gasteiger partial charge in [0.25, 0.3) is 5.91 Å². The van der Waals surface area contributed by atoms with E-state index in [-0.39, 0.29) is 18.2 Å². The number of benzene rings is 2. The molecule has 0 aromatic heterocycles. The van der Waals surface area contributed by atoms with Gasteiger partial charge in [-0.05, 0) is 60.6 Å². The number of hydrogen-bond acceptors (Lipinski definition) is 3. The highest BCUT2D eigenvalue weighted by Gasteiger charge is 2.32. The number of aliphatic hydroxyl groups is 1. The van der Waals surface area contributed by atoms with E-state index in [9.17, 15) is 9.18 Å². The van der Waals surface area contributed by atoms with Gasteiger partial charge in [0.15, 0.2) is 0 Å². The summed E-state index contributed by atoms with van der Waals surface area (Å²) in [5.41, 5.74) is 1.58. The second-order valence-corrected chi connectivity index (χ2v) is 6.35. The molecule has 0 radical (unpaired) electrons. The van der Waals surface area contributed by atoms with E-state index in [0.717, 1.165) is 24.2 Å². The molecule has 1 saturated carbocycles. The van der Waals surface area contributed by atoms with Crippen LogP contribution in [0.25, 0.3) is 11.1 Å². The molecule has 0 spiro atoms. The van der Waals surface area contributed by atoms with Crippen molar-refractivity contribution >= 4 is 5.91 Å². The number of aliphatic hydroxyl groups excluding tert-OH is 1. The van der Waals surface area contributed by atoms with Crippen molar-refractivity contribution in [1.29, 1.82) is 0 Å². The van der Waals surface area contributed by atoms with Crippen LogP contribution in [-0.4, -0.2) is 30.8 Å². The van der Waals surface area contributed by atoms with E-state index in [0.29, 0.717) is 17.9 Å². The largest absolute Gasteiger partial charge is 0.497 e. The molecule has 1 atom stereocenters. The summed E-state index contributed by atoms with van der Waals surface area (Å²) >= 11 is 0. The molecule has 4 nitrogen and oxygen atoms in total. The summed E-state index contributed by atoms with van der Waals surface area (Å²) in [5.74, 6) is 0.154. The lowest BCUT2D eigenvalue weighted by Crippen LogP contribution is -2.37. The van der Waals surface area contributed by atoms with Crippen LogP contribution in [0.1, 0.15) is 29.6 Å². The second kappa shape index (κ2) is 7.66. The average molecular weight is 343 g/mol. The van der Waals surface area contributed by atoms with Gasteiger partial charge in [0.05, 0.1) is 12.7 Å². The number of rotatable bonds is 7. The molecule has 5 heteroatoms. The molecule has 2 aromatic carbocycles. The predicted molar refractivity (Wildman–Crippen MR) is 94.1 cm³/mol. The topological polar surface area (TPSA) is 58.6 Å². The maximum atomic E-state index is 14.4. The van der Waals surface area contributed by atoms with Gasteiger partial charge in [0, 0.05) is 12.6 Å². The molecule has 1 aliphatic carbocycles. The van der Waals surface area contributed by atoms with E-state index in [1.54, 1.807) is 13.2 Å². The molecule has 25 heavy (non-hydrogen) atoms. The maximum Gasteiger partial charge on any atom is 0.254 e. The number of ether oxygens (including phenoxy) is 1. The molecular formula is C20H22FNO3. The highest BCUT2D eigenvalue weighted by atomic mass is 19.1. The third-order valence-electron chi connectivity index (χ3n) is 4.58. The molecule has 1 amide bonds. The Hall–Kier alpha value is -2.40. The van der Waals surface area contributed by atoms with Gasteiger partial charge < -0.3 is 15.2 Å². The molecule has 2 N–H and O–H groups in total. The molecule has 1 unspecified atom stereocenters. The van der Waals surface area contributed by atoms with Crippen LogP contribution in [0.3, 0.4) is 0 Å². The van der Waals surface area contributed by atoms with Crippen LogP contribution in [0.5, 0.6) is 5.75 Å². The molecule has 0 bridgehead atoms. The lowest BCUT2D eigenvalue weighted by Gasteiger charge is -2.17. The summed E-state index contributed by atoms with van der Waals surface area (Å²) < 4.78 is 19.6. The minimum atomic E-state index is -0.552. The van der Waals surface area contributed by atoms with Crippen LogP contribution in [0, 0.1) is 11.7 Å². The zero-order chi connectivity index (χ0) is 17.8. The van der Waals surface area contributed by atoms with Gasteiger partial charge in [0.1, 0.15) is 11.6 Å². The van der Waals surface area contributed by atoms with Gasteiger partial charge in [-0.25, -0.2) is 4.39 Å². The zero-order valence-corrected chi connectivity index (χ0v) is 14.2. The first-order valence-electron chi connectivity index (χ1n) is 8.48. The lowest BCUT2D eigenvalue weighted by molar-refractivity contribution is 0.0920. The molecule has 3 rings (SSSR count). The monoisotopic (exact) mass is 343 g/mol. The number of methoxy groups -OCH3 is 1. The van der Waals surface area contributed by atoms with Crippen molar-refractivity contribution in [3.63, 3.8) is 0 Å². The summed E-state index contributed by atoms with van der Waals surface area (Å²) in [6.45, 7) is 0.0142. The first-order chi connectivity index (χ1) is 12.1. The normalized spacial score (nSPS) is 14.8. The fraction of sp³-hybridized carbons (Fsp3) is 0.350. The summed E-state index contributed by atoms with van der Waals surface area (Å²) in [4.78, 5) is 12.4. The van der Waals surface area contributed by atoms with Crippen LogP contribution in [0.4, 0.5) is 4.39 Å². The molecule has 1 aliphatic rings. The van der Waals surface area contributed by atoms with Crippen molar-refractivity contribution < 1.29 is 19.0 Å². The molecule has 2 aromatic rings. The fourth-order valence-electron chi connectivity index (χ4n) is 2.97. The van der Waals surface area contributed by atoms with Crippen LogP contribution < -0.4 is 10.1 Å². The molecule has 1 fully saturated rings. The standard InChI is InChI=1S/C20H22FNO3/c1-25-16-7-4-13(5-8-16)15-6-9-17(18(21)12-15)20(24)22-19(10-11-23)14-2-3-14/h4-9,12,14,19,23H,2-3,10-11H2,1H3,(H,22,24). The minimum Gasteiger partial charge on any atom is -0.497 e. The number of halogens is 1. The van der Waals surface area contributed by atoms with Crippen LogP contribution in [-0.2, 0) is 0 Å². The van der Waals surface area contributed by atoms with E-state index in [1.807, 2.05) is 24.3 Å². The Bertz CT molecular complexity index is 741. The summed E-state index contributed by atoms with van der Waals surface area (Å²) in [6, 6.07) is 11.8. The lowest BCUT2D eigenvalue weighted by atomic mass is 10.0. The van der Waals surface area contributed by atoms with E-state index in [2.05, 4.69) is 5.32 Å². The van der Waals surface area contributed by atoms with Gasteiger partial charge in [-0.3, -0.25) is 4.79 Å². The Kier molecular flexibility index (Phi) is 5.34. The van der Waals surface area contributed by atoms with Crippen molar-refractivity contribution in [2.24, 2.45) is 5.92 Å². The van der Waals surface area contributed by atoms with Gasteiger partial charge in [-0.2, -0.15) is 0 Å². The number of amides is 1. The summed E-state index contributed by atoms with van der Waals surface area (Å²) in [7, 11) is 1.59. The van der Waals surface area contributed by atoms with Crippen molar-refractivity contribution in [3.05, 3.63) is 53.8 Å². The van der Waals surface area contributed by atoms with Gasteiger partial charge in [-0.1, -0.05) is 18.2 Å². The first-order valence-corrected chi connectivity index (χ1v) is 8.48. The van der Waals surface area contributed by atoms with Gasteiger partial charge in [0.2, 0.25) is 0 Å². The second-order valence-electron chi connectivity index (χ2n) is 6.35. The predicted octanol–water partition coefficient (Wildman–Crippen LogP) is 3.39. The number of carbonyl (C=O) groups excluding carboxylic acids is 1. The minimum absolute atomic E-state index is 0.0142. The Labute approximate surface area is 146 Å². The fourth-order valence-corrected chi connectivity index (χ4v) is 2.97. The van der Waals surface area contributed by atoms with Crippen molar-refractivity contribution in [3.8, 4) is 16.9 Å². The van der Waals surface area contributed by atoms with Gasteiger partial charge >= 0.3 is 0 Å². The van der Waals surface area contributed by atoms with Crippen molar-refractivity contribution in [2.45, 2.75) is 25.3 Å². The maximum absolute atomic E-state index is 14.4. The van der Waals surface area contributed by atoms with Crippen molar-refractivity contribution in [1.82, 2.24) is 5.32 Å². The first kappa shape index (κ1) is 17.4. The molecule has 0 heterocycles. The number of nitrogens with one attached hydrogen (secondary N) is 1. The summed E-state index contributed by atoms with van der Waals surface area (Å²) in [5, 5.41) is 12.0. The zero-order valence-electron chi connectivity index (χ0n) is 14.2. The Balaban J connectivity index is 1.75. The number of hydrogen-bond donors (Lipinski definition) is 2. The van der Waals surface area contributed by atoms with Gasteiger partial charge in [-0.15, -0.1) is 0 Å². The average Bonchev–Trinajstić information content (AvgIpc) is 3.46. The van der Waals surface area contributed by atoms with Crippen LogP contribution in [0.15, 0.2) is 42.5 Å². The molecular weight excluding hydrogens is 321 g/mol. The van der Waals surface area contributed by atoms with E-state index >= 15 is 0 Å². The highest BCUT2D eigenvalue weighted by molar-refractivity contribution is 5.95. The molecule has 0 saturated heterocycles.